The largest absolute Gasteiger partial charge is 0.395 e. The molecule has 6 heteroatoms. The Hall–Kier alpha value is -1.20. The molecular weight excluding hydrogens is 276 g/mol. The number of nitrogens with zero attached hydrogens (tertiary/aromatic N) is 1. The van der Waals surface area contributed by atoms with Gasteiger partial charge in [-0.2, -0.15) is 0 Å². The van der Waals surface area contributed by atoms with Crippen LogP contribution in [0.3, 0.4) is 0 Å². The summed E-state index contributed by atoms with van der Waals surface area (Å²) in [6.07, 6.45) is 2.73. The topological polar surface area (TPSA) is 40.5 Å². The van der Waals surface area contributed by atoms with Crippen LogP contribution in [-0.4, -0.2) is 35.1 Å². The first-order valence-corrected chi connectivity index (χ1v) is 6.48. The Bertz CT molecular complexity index is 492. The number of carbonyl (C=O) groups is 1. The average molecular weight is 290 g/mol. The summed E-state index contributed by atoms with van der Waals surface area (Å²) in [7, 11) is 0. The minimum atomic E-state index is -1.11. The lowest BCUT2D eigenvalue weighted by Gasteiger charge is -2.37. The molecule has 1 aromatic rings. The minimum absolute atomic E-state index is 0.0452. The molecule has 19 heavy (non-hydrogen) atoms. The Balaban J connectivity index is 2.28. The molecule has 0 spiro atoms. The minimum Gasteiger partial charge on any atom is -0.395 e. The molecule has 0 aromatic heterocycles. The van der Waals surface area contributed by atoms with Crippen molar-refractivity contribution in [2.75, 3.05) is 13.2 Å². The lowest BCUT2D eigenvalue weighted by atomic mass is 9.91. The molecule has 1 aromatic carbocycles. The summed E-state index contributed by atoms with van der Waals surface area (Å²) in [5, 5.41) is 8.89. The van der Waals surface area contributed by atoms with E-state index in [2.05, 4.69) is 0 Å². The van der Waals surface area contributed by atoms with Crippen molar-refractivity contribution in [1.82, 2.24) is 4.90 Å². The maximum Gasteiger partial charge on any atom is 0.255 e. The Labute approximate surface area is 114 Å². The molecule has 3 nitrogen and oxygen atoms in total. The number of hydrogen-bond acceptors (Lipinski definition) is 2. The highest BCUT2D eigenvalue weighted by molar-refractivity contribution is 6.33. The van der Waals surface area contributed by atoms with Gasteiger partial charge in [0, 0.05) is 12.6 Å². The van der Waals surface area contributed by atoms with Crippen molar-refractivity contribution in [2.45, 2.75) is 25.3 Å². The zero-order valence-corrected chi connectivity index (χ0v) is 11.0. The summed E-state index contributed by atoms with van der Waals surface area (Å²) < 4.78 is 26.2. The molecule has 0 radical (unpaired) electrons. The van der Waals surface area contributed by atoms with Crippen molar-refractivity contribution in [1.29, 1.82) is 0 Å². The fourth-order valence-corrected chi connectivity index (χ4v) is 2.33. The van der Waals surface area contributed by atoms with Crippen molar-refractivity contribution in [3.05, 3.63) is 34.4 Å². The summed E-state index contributed by atoms with van der Waals surface area (Å²) in [6, 6.07) is 1.65. The highest BCUT2D eigenvalue weighted by Gasteiger charge is 2.30. The van der Waals surface area contributed by atoms with Crippen LogP contribution in [0.1, 0.15) is 29.6 Å². The van der Waals surface area contributed by atoms with E-state index in [-0.39, 0.29) is 29.8 Å². The van der Waals surface area contributed by atoms with E-state index in [1.165, 1.54) is 4.90 Å². The van der Waals surface area contributed by atoms with Gasteiger partial charge in [-0.3, -0.25) is 4.79 Å². The standard InChI is InChI=1S/C13H14ClF2NO2/c14-10-7-12(16)11(15)6-9(10)13(19)17(4-5-18)8-2-1-3-8/h6-8,18H,1-5H2. The first-order chi connectivity index (χ1) is 9.04. The van der Waals surface area contributed by atoms with Gasteiger partial charge < -0.3 is 10.0 Å². The van der Waals surface area contributed by atoms with Crippen LogP contribution < -0.4 is 0 Å². The van der Waals surface area contributed by atoms with E-state index in [1.54, 1.807) is 0 Å². The molecule has 1 N–H and O–H groups in total. The second-order valence-corrected chi connectivity index (χ2v) is 4.96. The summed E-state index contributed by atoms with van der Waals surface area (Å²) in [5.41, 5.74) is -0.0686. The predicted octanol–water partition coefficient (Wildman–Crippen LogP) is 2.61. The lowest BCUT2D eigenvalue weighted by Crippen LogP contribution is -2.45. The zero-order chi connectivity index (χ0) is 14.0. The molecule has 0 saturated heterocycles. The summed E-state index contributed by atoms with van der Waals surface area (Å²) in [4.78, 5) is 13.8. The van der Waals surface area contributed by atoms with Crippen LogP contribution in [0.15, 0.2) is 12.1 Å². The van der Waals surface area contributed by atoms with E-state index in [0.717, 1.165) is 31.4 Å². The van der Waals surface area contributed by atoms with Crippen molar-refractivity contribution >= 4 is 17.5 Å². The molecule has 0 heterocycles. The van der Waals surface area contributed by atoms with Crippen LogP contribution in [0.2, 0.25) is 5.02 Å². The molecule has 0 bridgehead atoms. The van der Waals surface area contributed by atoms with Crippen LogP contribution in [0, 0.1) is 11.6 Å². The third kappa shape index (κ3) is 2.87. The van der Waals surface area contributed by atoms with E-state index in [4.69, 9.17) is 16.7 Å². The Kier molecular flexibility index (Phi) is 4.37. The molecular formula is C13H14ClF2NO2. The molecule has 0 aliphatic heterocycles. The van der Waals surface area contributed by atoms with Crippen molar-refractivity contribution in [2.24, 2.45) is 0 Å². The van der Waals surface area contributed by atoms with E-state index in [0.29, 0.717) is 0 Å². The third-order valence-corrected chi connectivity index (χ3v) is 3.67. The number of aliphatic hydroxyl groups excluding tert-OH is 1. The lowest BCUT2D eigenvalue weighted by molar-refractivity contribution is 0.0525. The predicted molar refractivity (Wildman–Crippen MR) is 67.1 cm³/mol. The third-order valence-electron chi connectivity index (χ3n) is 3.36. The van der Waals surface area contributed by atoms with Gasteiger partial charge in [0.1, 0.15) is 0 Å². The highest BCUT2D eigenvalue weighted by atomic mass is 35.5. The molecule has 0 atom stereocenters. The van der Waals surface area contributed by atoms with Gasteiger partial charge in [-0.1, -0.05) is 11.6 Å². The second kappa shape index (κ2) is 5.84. The summed E-state index contributed by atoms with van der Waals surface area (Å²) in [5.74, 6) is -2.66. The quantitative estimate of drug-likeness (QED) is 0.866. The number of aliphatic hydroxyl groups is 1. The Morgan fingerprint density at radius 3 is 2.53 bits per heavy atom. The van der Waals surface area contributed by atoms with Gasteiger partial charge in [0.15, 0.2) is 11.6 Å². The summed E-state index contributed by atoms with van der Waals surface area (Å²) in [6.45, 7) is -0.0115. The highest BCUT2D eigenvalue weighted by Crippen LogP contribution is 2.28. The van der Waals surface area contributed by atoms with E-state index in [1.807, 2.05) is 0 Å². The van der Waals surface area contributed by atoms with Gasteiger partial charge in [0.25, 0.3) is 5.91 Å². The first-order valence-electron chi connectivity index (χ1n) is 6.11. The molecule has 1 fully saturated rings. The average Bonchev–Trinajstić information content (AvgIpc) is 2.30. The zero-order valence-electron chi connectivity index (χ0n) is 10.2. The molecule has 2 rings (SSSR count). The van der Waals surface area contributed by atoms with Crippen molar-refractivity contribution < 1.29 is 18.7 Å². The molecule has 104 valence electrons. The first kappa shape index (κ1) is 14.2. The van der Waals surface area contributed by atoms with Crippen LogP contribution in [0.4, 0.5) is 8.78 Å². The number of rotatable bonds is 4. The van der Waals surface area contributed by atoms with E-state index >= 15 is 0 Å². The fraction of sp³-hybridized carbons (Fsp3) is 0.462. The van der Waals surface area contributed by atoms with Gasteiger partial charge in [-0.25, -0.2) is 8.78 Å². The molecule has 1 aliphatic rings. The Morgan fingerprint density at radius 2 is 2.00 bits per heavy atom. The molecule has 1 saturated carbocycles. The van der Waals surface area contributed by atoms with Gasteiger partial charge in [-0.15, -0.1) is 0 Å². The van der Waals surface area contributed by atoms with Crippen molar-refractivity contribution in [3.8, 4) is 0 Å². The fourth-order valence-electron chi connectivity index (χ4n) is 2.10. The van der Waals surface area contributed by atoms with Crippen molar-refractivity contribution in [3.63, 3.8) is 0 Å². The summed E-state index contributed by atoms with van der Waals surface area (Å²) >= 11 is 5.79. The van der Waals surface area contributed by atoms with Gasteiger partial charge >= 0.3 is 0 Å². The number of benzene rings is 1. The normalized spacial score (nSPS) is 15.2. The maximum atomic E-state index is 13.2. The SMILES string of the molecule is O=C(c1cc(F)c(F)cc1Cl)N(CCO)C1CCC1. The molecule has 0 unspecified atom stereocenters. The number of amides is 1. The molecule has 1 aliphatic carbocycles. The number of carbonyl (C=O) groups excluding carboxylic acids is 1. The van der Waals surface area contributed by atoms with Gasteiger partial charge in [-0.05, 0) is 31.4 Å². The smallest absolute Gasteiger partial charge is 0.255 e. The van der Waals surface area contributed by atoms with Gasteiger partial charge in [0.2, 0.25) is 0 Å². The number of halogens is 3. The number of hydrogen-bond donors (Lipinski definition) is 1. The maximum absolute atomic E-state index is 13.2. The van der Waals surface area contributed by atoms with Crippen LogP contribution >= 0.6 is 11.6 Å². The molecule has 1 amide bonds. The van der Waals surface area contributed by atoms with Gasteiger partial charge in [0.05, 0.1) is 17.2 Å². The van der Waals surface area contributed by atoms with Crippen LogP contribution in [-0.2, 0) is 0 Å². The van der Waals surface area contributed by atoms with Crippen LogP contribution in [0.5, 0.6) is 0 Å². The van der Waals surface area contributed by atoms with E-state index < -0.39 is 17.5 Å². The second-order valence-electron chi connectivity index (χ2n) is 4.55. The van der Waals surface area contributed by atoms with E-state index in [9.17, 15) is 13.6 Å². The Morgan fingerprint density at radius 1 is 1.37 bits per heavy atom. The monoisotopic (exact) mass is 289 g/mol. The van der Waals surface area contributed by atoms with Crippen LogP contribution in [0.25, 0.3) is 0 Å².